The number of halogens is 5. The van der Waals surface area contributed by atoms with Crippen molar-refractivity contribution in [3.05, 3.63) is 62.6 Å². The number of hydrogen-bond acceptors (Lipinski definition) is 1. The van der Waals surface area contributed by atoms with E-state index in [1.54, 1.807) is 6.07 Å². The third-order valence-electron chi connectivity index (χ3n) is 2.78. The molecule has 0 saturated carbocycles. The van der Waals surface area contributed by atoms with Crippen LogP contribution in [0, 0.1) is 11.6 Å². The van der Waals surface area contributed by atoms with Crippen molar-refractivity contribution in [2.45, 2.75) is 4.83 Å². The lowest BCUT2D eigenvalue weighted by molar-refractivity contribution is 0.386. The molecule has 1 atom stereocenters. The van der Waals surface area contributed by atoms with E-state index in [4.69, 9.17) is 16.3 Å². The van der Waals surface area contributed by atoms with E-state index in [0.717, 1.165) is 0 Å². The van der Waals surface area contributed by atoms with Crippen molar-refractivity contribution in [1.29, 1.82) is 0 Å². The Morgan fingerprint density at radius 1 is 1.15 bits per heavy atom. The summed E-state index contributed by atoms with van der Waals surface area (Å²) in [6, 6.07) is 7.25. The monoisotopic (exact) mass is 424 g/mol. The minimum atomic E-state index is -0.506. The number of alkyl halides is 1. The van der Waals surface area contributed by atoms with Gasteiger partial charge >= 0.3 is 0 Å². The first kappa shape index (κ1) is 15.7. The van der Waals surface area contributed by atoms with Gasteiger partial charge in [0.15, 0.2) is 11.6 Å². The molecule has 20 heavy (non-hydrogen) atoms. The smallest absolute Gasteiger partial charge is 0.165 e. The first-order valence-corrected chi connectivity index (χ1v) is 7.64. The summed E-state index contributed by atoms with van der Waals surface area (Å²) in [5.74, 6) is -0.791. The molecule has 0 fully saturated rings. The zero-order valence-corrected chi connectivity index (χ0v) is 14.2. The molecule has 1 nitrogen and oxygen atoms in total. The van der Waals surface area contributed by atoms with Crippen molar-refractivity contribution in [3.8, 4) is 5.75 Å². The molecule has 2 rings (SSSR count). The fourth-order valence-electron chi connectivity index (χ4n) is 1.75. The first-order chi connectivity index (χ1) is 9.43. The highest BCUT2D eigenvalue weighted by Gasteiger charge is 2.18. The summed E-state index contributed by atoms with van der Waals surface area (Å²) in [5, 5.41) is 0.389. The van der Waals surface area contributed by atoms with Gasteiger partial charge in [-0.15, -0.1) is 0 Å². The van der Waals surface area contributed by atoms with Gasteiger partial charge < -0.3 is 4.74 Å². The van der Waals surface area contributed by atoms with Crippen LogP contribution in [-0.2, 0) is 0 Å². The molecule has 0 N–H and O–H groups in total. The third kappa shape index (κ3) is 3.15. The summed E-state index contributed by atoms with van der Waals surface area (Å²) in [6.45, 7) is 0. The van der Waals surface area contributed by atoms with Crippen molar-refractivity contribution in [3.63, 3.8) is 0 Å². The van der Waals surface area contributed by atoms with E-state index >= 15 is 0 Å². The van der Waals surface area contributed by atoms with Crippen molar-refractivity contribution in [2.24, 2.45) is 0 Å². The fraction of sp³-hybridized carbons (Fsp3) is 0.143. The molecule has 2 aromatic rings. The van der Waals surface area contributed by atoms with Gasteiger partial charge in [-0.2, -0.15) is 0 Å². The predicted molar refractivity (Wildman–Crippen MR) is 82.8 cm³/mol. The second-order valence-electron chi connectivity index (χ2n) is 4.04. The summed E-state index contributed by atoms with van der Waals surface area (Å²) in [5.41, 5.74) is 0.906. The summed E-state index contributed by atoms with van der Waals surface area (Å²) in [6.07, 6.45) is 0. The summed E-state index contributed by atoms with van der Waals surface area (Å²) >= 11 is 12.5. The van der Waals surface area contributed by atoms with Gasteiger partial charge in [0.05, 0.1) is 17.0 Å². The van der Waals surface area contributed by atoms with Gasteiger partial charge in [-0.25, -0.2) is 8.78 Å². The first-order valence-electron chi connectivity index (χ1n) is 5.56. The topological polar surface area (TPSA) is 9.23 Å². The SMILES string of the molecule is COc1ccc(C(Br)c2cc(Cl)c(Br)cc2F)cc1F. The molecule has 0 aliphatic carbocycles. The molecule has 0 bridgehead atoms. The van der Waals surface area contributed by atoms with Crippen molar-refractivity contribution in [2.75, 3.05) is 7.11 Å². The number of ether oxygens (including phenoxy) is 1. The van der Waals surface area contributed by atoms with Crippen LogP contribution in [0.4, 0.5) is 8.78 Å². The van der Waals surface area contributed by atoms with Crippen molar-refractivity contribution in [1.82, 2.24) is 0 Å². The Kier molecular flexibility index (Phi) is 5.04. The molecule has 0 amide bonds. The summed E-state index contributed by atoms with van der Waals surface area (Å²) in [4.78, 5) is -0.506. The number of rotatable bonds is 3. The van der Waals surface area contributed by atoms with Crippen LogP contribution in [0.1, 0.15) is 16.0 Å². The van der Waals surface area contributed by atoms with Crippen LogP contribution in [-0.4, -0.2) is 7.11 Å². The van der Waals surface area contributed by atoms with Crippen LogP contribution in [0.3, 0.4) is 0 Å². The lowest BCUT2D eigenvalue weighted by Gasteiger charge is -2.14. The minimum absolute atomic E-state index is 0.141. The number of methoxy groups -OCH3 is 1. The average Bonchev–Trinajstić information content (AvgIpc) is 2.42. The highest BCUT2D eigenvalue weighted by Crippen LogP contribution is 2.37. The van der Waals surface area contributed by atoms with Crippen LogP contribution in [0.15, 0.2) is 34.8 Å². The minimum Gasteiger partial charge on any atom is -0.494 e. The van der Waals surface area contributed by atoms with E-state index in [-0.39, 0.29) is 5.75 Å². The zero-order valence-electron chi connectivity index (χ0n) is 10.3. The largest absolute Gasteiger partial charge is 0.494 e. The molecule has 1 unspecified atom stereocenters. The number of hydrogen-bond donors (Lipinski definition) is 0. The molecular weight excluding hydrogens is 417 g/mol. The molecule has 0 radical (unpaired) electrons. The molecule has 0 spiro atoms. The maximum Gasteiger partial charge on any atom is 0.165 e. The Morgan fingerprint density at radius 3 is 2.45 bits per heavy atom. The maximum atomic E-state index is 14.0. The fourth-order valence-corrected chi connectivity index (χ4v) is 2.88. The van der Waals surface area contributed by atoms with Crippen LogP contribution in [0.5, 0.6) is 5.75 Å². The van der Waals surface area contributed by atoms with Crippen LogP contribution in [0.25, 0.3) is 0 Å². The molecular formula is C14H9Br2ClF2O. The van der Waals surface area contributed by atoms with E-state index in [1.807, 2.05) is 0 Å². The van der Waals surface area contributed by atoms with Gasteiger partial charge in [0.2, 0.25) is 0 Å². The zero-order chi connectivity index (χ0) is 14.9. The van der Waals surface area contributed by atoms with Gasteiger partial charge in [-0.05, 0) is 45.8 Å². The summed E-state index contributed by atoms with van der Waals surface area (Å²) in [7, 11) is 1.39. The molecule has 106 valence electrons. The highest BCUT2D eigenvalue weighted by molar-refractivity contribution is 9.10. The second kappa shape index (κ2) is 6.41. The molecule has 0 saturated heterocycles. The van der Waals surface area contributed by atoms with Crippen LogP contribution in [0.2, 0.25) is 5.02 Å². The second-order valence-corrected chi connectivity index (χ2v) is 6.22. The molecule has 6 heteroatoms. The van der Waals surface area contributed by atoms with Crippen LogP contribution < -0.4 is 4.74 Å². The Labute approximate surface area is 137 Å². The molecule has 0 aliphatic heterocycles. The van der Waals surface area contributed by atoms with Crippen LogP contribution >= 0.6 is 43.5 Å². The molecule has 0 heterocycles. The van der Waals surface area contributed by atoms with E-state index < -0.39 is 16.5 Å². The van der Waals surface area contributed by atoms with E-state index in [9.17, 15) is 8.78 Å². The van der Waals surface area contributed by atoms with E-state index in [1.165, 1.54) is 31.4 Å². The molecule has 0 aromatic heterocycles. The van der Waals surface area contributed by atoms with Gasteiger partial charge in [0.1, 0.15) is 5.82 Å². The van der Waals surface area contributed by atoms with Crippen molar-refractivity contribution >= 4 is 43.5 Å². The maximum absolute atomic E-state index is 14.0. The predicted octanol–water partition coefficient (Wildman–Crippen LogP) is 5.87. The Hall–Kier alpha value is -0.650. The third-order valence-corrected chi connectivity index (χ3v) is 5.00. The van der Waals surface area contributed by atoms with Gasteiger partial charge in [0.25, 0.3) is 0 Å². The average molecular weight is 426 g/mol. The quantitative estimate of drug-likeness (QED) is 0.440. The van der Waals surface area contributed by atoms with E-state index in [0.29, 0.717) is 20.6 Å². The summed E-state index contributed by atoms with van der Waals surface area (Å²) < 4.78 is 33.0. The van der Waals surface area contributed by atoms with Gasteiger partial charge in [-0.3, -0.25) is 0 Å². The van der Waals surface area contributed by atoms with Gasteiger partial charge in [0, 0.05) is 10.0 Å². The highest BCUT2D eigenvalue weighted by atomic mass is 79.9. The standard InChI is InChI=1S/C14H9Br2ClF2O/c1-20-13-3-2-7(4-12(13)19)14(16)8-5-10(17)9(15)6-11(8)18/h2-6,14H,1H3. The Morgan fingerprint density at radius 2 is 1.85 bits per heavy atom. The van der Waals surface area contributed by atoms with Crippen molar-refractivity contribution < 1.29 is 13.5 Å². The Bertz CT molecular complexity index is 649. The van der Waals surface area contributed by atoms with Gasteiger partial charge in [-0.1, -0.05) is 33.6 Å². The number of benzene rings is 2. The van der Waals surface area contributed by atoms with E-state index in [2.05, 4.69) is 31.9 Å². The molecule has 0 aliphatic rings. The normalized spacial score (nSPS) is 12.3. The lowest BCUT2D eigenvalue weighted by atomic mass is 10.0. The molecule has 2 aromatic carbocycles. The Balaban J connectivity index is 2.43. The lowest BCUT2D eigenvalue weighted by Crippen LogP contribution is -1.99.